The van der Waals surface area contributed by atoms with Crippen LogP contribution in [-0.2, 0) is 101 Å². The van der Waals surface area contributed by atoms with Crippen LogP contribution in [0.1, 0.15) is 68.6 Å². The van der Waals surface area contributed by atoms with E-state index < -0.39 is 231 Å². The number of amides is 13. The maximum absolute atomic E-state index is 14.6. The van der Waals surface area contributed by atoms with Crippen LogP contribution in [0.4, 0.5) is 0 Å². The van der Waals surface area contributed by atoms with Crippen LogP contribution in [0, 0.1) is 0 Å². The van der Waals surface area contributed by atoms with Crippen LogP contribution in [-0.4, -0.2) is 252 Å². The van der Waals surface area contributed by atoms with Gasteiger partial charge in [-0.2, -0.15) is 25.3 Å². The number of benzene rings is 3. The quantitative estimate of drug-likeness (QED) is 0.0234. The number of hydrogen-bond donors (Lipinski definition) is 22. The van der Waals surface area contributed by atoms with Gasteiger partial charge in [-0.05, 0) is 80.0 Å². The van der Waals surface area contributed by atoms with Gasteiger partial charge in [0.15, 0.2) is 0 Å². The molecule has 4 rings (SSSR count). The summed E-state index contributed by atoms with van der Waals surface area (Å²) >= 11 is 8.36. The molecule has 0 aromatic heterocycles. The van der Waals surface area contributed by atoms with Crippen LogP contribution in [0.3, 0.4) is 0 Å². The van der Waals surface area contributed by atoms with Crippen molar-refractivity contribution in [1.82, 2.24) is 68.7 Å². The molecule has 104 heavy (non-hydrogen) atoms. The molecular weight excluding hydrogens is 1410 g/mol. The Balaban J connectivity index is 1.42. The summed E-state index contributed by atoms with van der Waals surface area (Å²) in [5.74, 6) is -20.6. The third kappa shape index (κ3) is 29.4. The zero-order valence-electron chi connectivity index (χ0n) is 55.9. The van der Waals surface area contributed by atoms with Gasteiger partial charge in [0.2, 0.25) is 76.8 Å². The second kappa shape index (κ2) is 43.0. The van der Waals surface area contributed by atoms with E-state index in [1.165, 1.54) is 36.4 Å². The summed E-state index contributed by atoms with van der Waals surface area (Å²) in [4.78, 5) is 224. The number of carbonyl (C=O) groups is 17. The molecule has 1 fully saturated rings. The van der Waals surface area contributed by atoms with Crippen molar-refractivity contribution in [2.24, 2.45) is 5.73 Å². The maximum Gasteiger partial charge on any atom is 0.328 e. The minimum Gasteiger partial charge on any atom is -0.508 e. The summed E-state index contributed by atoms with van der Waals surface area (Å²) in [6.45, 7) is -2.39. The number of phenolic OH excluding ortho intramolecular Hbond substituents is 2. The number of rotatable bonds is 43. The highest BCUT2D eigenvalue weighted by molar-refractivity contribution is 7.80. The fourth-order valence-electron chi connectivity index (χ4n) is 10.00. The van der Waals surface area contributed by atoms with E-state index in [0.717, 1.165) is 11.8 Å². The minimum atomic E-state index is -2.05. The largest absolute Gasteiger partial charge is 0.508 e. The number of hydrogen-bond acceptors (Lipinski definition) is 23. The van der Waals surface area contributed by atoms with Gasteiger partial charge in [0.1, 0.15) is 71.9 Å². The van der Waals surface area contributed by atoms with Crippen molar-refractivity contribution in [2.45, 2.75) is 138 Å². The Hall–Kier alpha value is -11.1. The summed E-state index contributed by atoms with van der Waals surface area (Å²) < 4.78 is 0. The number of nitrogens with zero attached hydrogens (tertiary/aromatic N) is 1. The second-order valence-electron chi connectivity index (χ2n) is 23.6. The summed E-state index contributed by atoms with van der Waals surface area (Å²) in [5, 5.41) is 93.9. The number of aromatic hydroxyl groups is 2. The molecule has 11 atom stereocenters. The summed E-state index contributed by atoms with van der Waals surface area (Å²) in [5.41, 5.74) is 7.67. The summed E-state index contributed by atoms with van der Waals surface area (Å²) in [6, 6.07) is 2.21. The highest BCUT2D eigenvalue weighted by Gasteiger charge is 2.41. The molecule has 3 aromatic rings. The first-order valence-electron chi connectivity index (χ1n) is 32.1. The van der Waals surface area contributed by atoms with Crippen LogP contribution in [0.2, 0.25) is 0 Å². The van der Waals surface area contributed by atoms with E-state index in [1.54, 1.807) is 42.5 Å². The van der Waals surface area contributed by atoms with E-state index in [1.807, 2.05) is 5.32 Å². The number of aliphatic carboxylic acids is 4. The first kappa shape index (κ1) is 85.3. The van der Waals surface area contributed by atoms with Crippen LogP contribution < -0.4 is 69.5 Å². The lowest BCUT2D eigenvalue weighted by atomic mass is 10.0. The number of carboxylic acids is 4. The molecule has 1 aliphatic heterocycles. The topological polar surface area (TPSA) is 605 Å². The molecule has 0 aliphatic carbocycles. The number of carbonyl (C=O) groups excluding carboxylic acids is 13. The highest BCUT2D eigenvalue weighted by Crippen LogP contribution is 2.21. The smallest absolute Gasteiger partial charge is 0.328 e. The Kier molecular flexibility index (Phi) is 35.2. The van der Waals surface area contributed by atoms with Gasteiger partial charge in [0.05, 0.1) is 38.7 Å². The average Bonchev–Trinajstić information content (AvgIpc) is 1.60. The molecule has 0 saturated carbocycles. The van der Waals surface area contributed by atoms with Crippen LogP contribution in [0.25, 0.3) is 0 Å². The first-order valence-corrected chi connectivity index (χ1v) is 33.4. The number of likely N-dealkylation sites (tertiary alicyclic amines) is 1. The van der Waals surface area contributed by atoms with Gasteiger partial charge < -0.3 is 110 Å². The van der Waals surface area contributed by atoms with E-state index in [4.69, 9.17) is 15.9 Å². The van der Waals surface area contributed by atoms with Crippen LogP contribution in [0.5, 0.6) is 11.5 Å². The van der Waals surface area contributed by atoms with Crippen LogP contribution in [0.15, 0.2) is 78.9 Å². The van der Waals surface area contributed by atoms with E-state index in [9.17, 15) is 107 Å². The first-order chi connectivity index (χ1) is 49.2. The lowest BCUT2D eigenvalue weighted by Crippen LogP contribution is -2.60. The molecule has 0 unspecified atom stereocenters. The van der Waals surface area contributed by atoms with Crippen molar-refractivity contribution in [1.29, 1.82) is 0 Å². The number of phenols is 2. The molecule has 1 aliphatic rings. The molecule has 0 spiro atoms. The SMILES string of the molecule is C[C@H](NC(=O)CNC(=O)[C@H](CCC(=O)O)NC(=O)[C@H](CCC(=O)O)NC(=O)[C@H](CC(=O)O)NC(=O)[C@@H]1CCCN1C(=O)[C@H](Cc1ccccc1)NC(=O)[C@H](CS)NC(=O)[C@@H](N)Cc1ccc(O)cc1)C(=O)N[C@@H](CS)C(=O)N[C@@H](Cc1ccc(O)cc1)C(=O)NCC(=O)NCC(=O)N[C@@H](CO)C(=O)O. The number of aliphatic hydroxyl groups excluding tert-OH is 1. The number of carboxylic acid groups (broad SMARTS) is 4. The maximum atomic E-state index is 14.6. The number of thiol groups is 2. The van der Waals surface area contributed by atoms with Gasteiger partial charge in [-0.3, -0.25) is 76.7 Å². The Bertz CT molecular complexity index is 3580. The molecule has 21 N–H and O–H groups in total. The Morgan fingerprint density at radius 2 is 0.894 bits per heavy atom. The van der Waals surface area contributed by atoms with E-state index >= 15 is 0 Å². The lowest BCUT2D eigenvalue weighted by molar-refractivity contribution is -0.144. The summed E-state index contributed by atoms with van der Waals surface area (Å²) in [6.07, 6.45) is -4.57. The molecular formula is C64H84N14O24S2. The molecule has 0 radical (unpaired) electrons. The fourth-order valence-corrected chi connectivity index (χ4v) is 10.5. The van der Waals surface area contributed by atoms with E-state index in [0.29, 0.717) is 16.7 Å². The second-order valence-corrected chi connectivity index (χ2v) is 24.4. The van der Waals surface area contributed by atoms with Gasteiger partial charge in [-0.1, -0.05) is 54.6 Å². The molecule has 13 amide bonds. The normalized spacial score (nSPS) is 15.2. The van der Waals surface area contributed by atoms with Crippen molar-refractivity contribution in [2.75, 3.05) is 44.3 Å². The van der Waals surface area contributed by atoms with Crippen molar-refractivity contribution < 1.29 is 117 Å². The fraction of sp³-hybridized carbons (Fsp3) is 0.453. The Labute approximate surface area is 604 Å². The molecule has 0 bridgehead atoms. The predicted octanol–water partition coefficient (Wildman–Crippen LogP) is -6.68. The van der Waals surface area contributed by atoms with Gasteiger partial charge in [-0.15, -0.1) is 0 Å². The van der Waals surface area contributed by atoms with Crippen molar-refractivity contribution in [3.8, 4) is 11.5 Å². The monoisotopic (exact) mass is 1500 g/mol. The van der Waals surface area contributed by atoms with Crippen molar-refractivity contribution in [3.63, 3.8) is 0 Å². The van der Waals surface area contributed by atoms with Crippen molar-refractivity contribution >= 4 is 126 Å². The average molecular weight is 1500 g/mol. The molecule has 1 saturated heterocycles. The lowest BCUT2D eigenvalue weighted by Gasteiger charge is -2.31. The van der Waals surface area contributed by atoms with E-state index in [2.05, 4.69) is 83.7 Å². The Morgan fingerprint density at radius 3 is 1.41 bits per heavy atom. The molecule has 38 nitrogen and oxygen atoms in total. The standard InChI is InChI=1S/C64H84N14O24S2/c1-32(54(91)76-45(30-103)60(97)73-41(23-35-11-15-37(81)16-12-35)57(94)67-26-48(82)66-27-50(84)70-44(29-79)64(101)102)69-49(83)28-68-56(93)39(17-19-51(85)86)71-58(95)40(18-20-52(87)88)72-59(96)42(25-53(89)90)74-62(99)47-8-5-21-78(47)63(100)43(24-33-6-3-2-4-7-33)75-61(98)46(31-104)77-55(92)38(65)22-34-9-13-36(80)14-10-34/h2-4,6-7,9-16,32,38-47,79-81,103-104H,5,8,17-31,65H2,1H3,(H,66,82)(H,67,94)(H,68,93)(H,69,83)(H,70,84)(H,71,95)(H,72,96)(H,73,97)(H,74,99)(H,75,98)(H,76,91)(H,77,92)(H,85,86)(H,87,88)(H,89,90)(H,101,102)/t32-,38-,39-,40-,41-,42-,43-,44-,45-,46-,47-/m0/s1. The number of nitrogens with two attached hydrogens (primary N) is 1. The number of nitrogens with one attached hydrogen (secondary N) is 12. The highest BCUT2D eigenvalue weighted by atomic mass is 32.1. The van der Waals surface area contributed by atoms with Gasteiger partial charge in [0, 0.05) is 43.7 Å². The van der Waals surface area contributed by atoms with Gasteiger partial charge in [-0.25, -0.2) is 4.79 Å². The Morgan fingerprint density at radius 1 is 0.462 bits per heavy atom. The molecule has 1 heterocycles. The molecule has 566 valence electrons. The molecule has 40 heteroatoms. The number of aliphatic hydroxyl groups is 1. The predicted molar refractivity (Wildman–Crippen MR) is 367 cm³/mol. The summed E-state index contributed by atoms with van der Waals surface area (Å²) in [7, 11) is 0. The van der Waals surface area contributed by atoms with Gasteiger partial charge in [0.25, 0.3) is 0 Å². The zero-order chi connectivity index (χ0) is 77.3. The van der Waals surface area contributed by atoms with Crippen LogP contribution >= 0.6 is 25.3 Å². The molecule has 3 aromatic carbocycles. The minimum absolute atomic E-state index is 0.0145. The van der Waals surface area contributed by atoms with E-state index in [-0.39, 0.29) is 55.9 Å². The third-order valence-corrected chi connectivity index (χ3v) is 16.3. The van der Waals surface area contributed by atoms with Gasteiger partial charge >= 0.3 is 23.9 Å². The third-order valence-electron chi connectivity index (χ3n) is 15.6. The van der Waals surface area contributed by atoms with Crippen molar-refractivity contribution in [3.05, 3.63) is 95.6 Å². The zero-order valence-corrected chi connectivity index (χ0v) is 57.7.